The molecule has 0 saturated heterocycles. The zero-order valence-corrected chi connectivity index (χ0v) is 14.3. The van der Waals surface area contributed by atoms with Crippen LogP contribution in [0.15, 0.2) is 48.5 Å². The van der Waals surface area contributed by atoms with Gasteiger partial charge in [-0.25, -0.2) is 0 Å². The van der Waals surface area contributed by atoms with Gasteiger partial charge < -0.3 is 5.11 Å². The largest absolute Gasteiger partial charge is 0.508 e. The molecule has 0 heterocycles. The van der Waals surface area contributed by atoms with Crippen molar-refractivity contribution in [2.24, 2.45) is 0 Å². The third-order valence-corrected chi connectivity index (χ3v) is 4.73. The number of benzene rings is 2. The Bertz CT molecular complexity index is 613. The summed E-state index contributed by atoms with van der Waals surface area (Å²) in [6.07, 6.45) is 3.70. The molecule has 1 N–H and O–H groups in total. The van der Waals surface area contributed by atoms with Crippen LogP contribution in [0.5, 0.6) is 5.75 Å². The average Bonchev–Trinajstić information content (AvgIpc) is 2.52. The summed E-state index contributed by atoms with van der Waals surface area (Å²) in [6.45, 7) is 8.96. The third-order valence-electron chi connectivity index (χ3n) is 4.73. The first kappa shape index (κ1) is 16.6. The minimum absolute atomic E-state index is 0.206. The van der Waals surface area contributed by atoms with E-state index in [0.29, 0.717) is 11.7 Å². The third kappa shape index (κ3) is 3.35. The molecule has 0 saturated carbocycles. The van der Waals surface area contributed by atoms with E-state index < -0.39 is 0 Å². The van der Waals surface area contributed by atoms with Crippen LogP contribution in [0.4, 0.5) is 0 Å². The Hall–Kier alpha value is -1.76. The van der Waals surface area contributed by atoms with Gasteiger partial charge in [0.2, 0.25) is 0 Å². The van der Waals surface area contributed by atoms with E-state index in [2.05, 4.69) is 52.0 Å². The van der Waals surface area contributed by atoms with Crippen molar-refractivity contribution in [3.63, 3.8) is 0 Å². The number of phenols is 1. The van der Waals surface area contributed by atoms with Gasteiger partial charge in [0.05, 0.1) is 0 Å². The number of para-hydroxylation sites is 1. The number of rotatable bonds is 6. The number of unbranched alkanes of at least 4 members (excludes halogenated alkanes) is 1. The van der Waals surface area contributed by atoms with Crippen LogP contribution >= 0.6 is 0 Å². The summed E-state index contributed by atoms with van der Waals surface area (Å²) in [5.74, 6) is 0.921. The monoisotopic (exact) mass is 296 g/mol. The van der Waals surface area contributed by atoms with Crippen molar-refractivity contribution in [1.82, 2.24) is 0 Å². The predicted octanol–water partition coefficient (Wildman–Crippen LogP) is 6.01. The van der Waals surface area contributed by atoms with Crippen LogP contribution in [-0.4, -0.2) is 5.11 Å². The van der Waals surface area contributed by atoms with Crippen LogP contribution in [0.25, 0.3) is 0 Å². The van der Waals surface area contributed by atoms with Gasteiger partial charge in [-0.3, -0.25) is 0 Å². The van der Waals surface area contributed by atoms with E-state index in [4.69, 9.17) is 0 Å². The zero-order valence-electron chi connectivity index (χ0n) is 14.3. The van der Waals surface area contributed by atoms with Gasteiger partial charge >= 0.3 is 0 Å². The molecule has 0 aliphatic carbocycles. The summed E-state index contributed by atoms with van der Waals surface area (Å²) < 4.78 is 0. The lowest BCUT2D eigenvalue weighted by Crippen LogP contribution is -2.21. The second-order valence-corrected chi connectivity index (χ2v) is 6.77. The van der Waals surface area contributed by atoms with Gasteiger partial charge in [-0.2, -0.15) is 0 Å². The molecule has 0 fully saturated rings. The van der Waals surface area contributed by atoms with Gasteiger partial charge in [0.25, 0.3) is 0 Å². The fourth-order valence-electron chi connectivity index (χ4n) is 3.31. The first-order chi connectivity index (χ1) is 10.5. The molecule has 0 amide bonds. The van der Waals surface area contributed by atoms with Gasteiger partial charge in [-0.1, -0.05) is 83.0 Å². The summed E-state index contributed by atoms with van der Waals surface area (Å²) in [4.78, 5) is 0. The van der Waals surface area contributed by atoms with Crippen LogP contribution in [0.3, 0.4) is 0 Å². The van der Waals surface area contributed by atoms with Crippen molar-refractivity contribution >= 4 is 0 Å². The first-order valence-electron chi connectivity index (χ1n) is 8.36. The number of aromatic hydroxyl groups is 1. The second-order valence-electron chi connectivity index (χ2n) is 6.77. The molecule has 0 bridgehead atoms. The standard InChI is InChI=1S/C21H28O/c1-5-6-11-16(2)17-12-7-8-13-18(17)21(3,4)19-14-9-10-15-20(19)22/h7-10,12-16,22H,5-6,11H2,1-4H3. The van der Waals surface area contributed by atoms with Crippen LogP contribution in [0.2, 0.25) is 0 Å². The molecule has 1 atom stereocenters. The molecular weight excluding hydrogens is 268 g/mol. The summed E-state index contributed by atoms with van der Waals surface area (Å²) >= 11 is 0. The number of hydrogen-bond acceptors (Lipinski definition) is 1. The Balaban J connectivity index is 2.45. The molecule has 1 nitrogen and oxygen atoms in total. The predicted molar refractivity (Wildman–Crippen MR) is 94.6 cm³/mol. The lowest BCUT2D eigenvalue weighted by Gasteiger charge is -2.31. The van der Waals surface area contributed by atoms with E-state index in [0.717, 1.165) is 5.56 Å². The van der Waals surface area contributed by atoms with Gasteiger partial charge in [0.1, 0.15) is 5.75 Å². The first-order valence-corrected chi connectivity index (χ1v) is 8.36. The highest BCUT2D eigenvalue weighted by Gasteiger charge is 2.29. The molecule has 0 spiro atoms. The zero-order chi connectivity index (χ0) is 16.2. The highest BCUT2D eigenvalue weighted by atomic mass is 16.3. The Kier molecular flexibility index (Phi) is 5.28. The molecule has 118 valence electrons. The minimum Gasteiger partial charge on any atom is -0.508 e. The maximum absolute atomic E-state index is 10.3. The van der Waals surface area contributed by atoms with Crippen LogP contribution < -0.4 is 0 Å². The fraction of sp³-hybridized carbons (Fsp3) is 0.429. The molecule has 0 aromatic heterocycles. The summed E-state index contributed by atoms with van der Waals surface area (Å²) in [7, 11) is 0. The van der Waals surface area contributed by atoms with E-state index in [1.54, 1.807) is 6.07 Å². The Labute approximate surface area is 135 Å². The number of hydrogen-bond donors (Lipinski definition) is 1. The molecule has 2 rings (SSSR count). The van der Waals surface area contributed by atoms with E-state index in [1.807, 2.05) is 18.2 Å². The minimum atomic E-state index is -0.206. The van der Waals surface area contributed by atoms with E-state index >= 15 is 0 Å². The van der Waals surface area contributed by atoms with E-state index in [9.17, 15) is 5.11 Å². The summed E-state index contributed by atoms with van der Waals surface area (Å²) in [5, 5.41) is 10.3. The smallest absolute Gasteiger partial charge is 0.119 e. The maximum Gasteiger partial charge on any atom is 0.119 e. The van der Waals surface area contributed by atoms with Crippen LogP contribution in [0, 0.1) is 0 Å². The fourth-order valence-corrected chi connectivity index (χ4v) is 3.31. The summed E-state index contributed by atoms with van der Waals surface area (Å²) in [5.41, 5.74) is 3.51. The van der Waals surface area contributed by atoms with Crippen molar-refractivity contribution in [2.45, 2.75) is 58.3 Å². The van der Waals surface area contributed by atoms with Crippen molar-refractivity contribution in [3.05, 3.63) is 65.2 Å². The molecule has 22 heavy (non-hydrogen) atoms. The molecule has 1 heteroatoms. The Morgan fingerprint density at radius 1 is 0.955 bits per heavy atom. The van der Waals surface area contributed by atoms with Crippen molar-refractivity contribution in [1.29, 1.82) is 0 Å². The second kappa shape index (κ2) is 7.00. The van der Waals surface area contributed by atoms with E-state index in [1.165, 1.54) is 30.4 Å². The molecule has 2 aromatic rings. The van der Waals surface area contributed by atoms with Crippen molar-refractivity contribution < 1.29 is 5.11 Å². The lowest BCUT2D eigenvalue weighted by molar-refractivity contribution is 0.452. The maximum atomic E-state index is 10.3. The number of phenolic OH excluding ortho intramolecular Hbond substituents is 1. The molecule has 0 aliphatic rings. The topological polar surface area (TPSA) is 20.2 Å². The highest BCUT2D eigenvalue weighted by Crippen LogP contribution is 2.40. The highest BCUT2D eigenvalue weighted by molar-refractivity contribution is 5.48. The molecular formula is C21H28O. The molecule has 0 radical (unpaired) electrons. The Morgan fingerprint density at radius 2 is 1.55 bits per heavy atom. The summed E-state index contributed by atoms with van der Waals surface area (Å²) in [6, 6.07) is 16.4. The van der Waals surface area contributed by atoms with Gasteiger partial charge in [0.15, 0.2) is 0 Å². The lowest BCUT2D eigenvalue weighted by atomic mass is 9.73. The average molecular weight is 296 g/mol. The van der Waals surface area contributed by atoms with Gasteiger partial charge in [-0.05, 0) is 29.5 Å². The quantitative estimate of drug-likeness (QED) is 0.692. The molecule has 2 aromatic carbocycles. The Morgan fingerprint density at radius 3 is 2.18 bits per heavy atom. The molecule has 1 unspecified atom stereocenters. The van der Waals surface area contributed by atoms with Crippen molar-refractivity contribution in [2.75, 3.05) is 0 Å². The van der Waals surface area contributed by atoms with E-state index in [-0.39, 0.29) is 5.41 Å². The van der Waals surface area contributed by atoms with Gasteiger partial charge in [0, 0.05) is 11.0 Å². The molecule has 0 aliphatic heterocycles. The van der Waals surface area contributed by atoms with Crippen LogP contribution in [-0.2, 0) is 5.41 Å². The van der Waals surface area contributed by atoms with Crippen LogP contribution in [0.1, 0.15) is 69.6 Å². The van der Waals surface area contributed by atoms with Crippen molar-refractivity contribution in [3.8, 4) is 5.75 Å². The SMILES string of the molecule is CCCCC(C)c1ccccc1C(C)(C)c1ccccc1O. The normalized spacial score (nSPS) is 13.1. The van der Waals surface area contributed by atoms with Gasteiger partial charge in [-0.15, -0.1) is 0 Å².